The molecule has 0 amide bonds. The van der Waals surface area contributed by atoms with E-state index < -0.39 is 0 Å². The van der Waals surface area contributed by atoms with Crippen LogP contribution in [0.25, 0.3) is 0 Å². The molecule has 96 valence electrons. The van der Waals surface area contributed by atoms with Crippen molar-refractivity contribution in [2.75, 3.05) is 11.5 Å². The Hall–Kier alpha value is -1.26. The molecule has 0 saturated carbocycles. The molecule has 0 bridgehead atoms. The van der Waals surface area contributed by atoms with Crippen molar-refractivity contribution in [1.82, 2.24) is 0 Å². The van der Waals surface area contributed by atoms with E-state index in [9.17, 15) is 0 Å². The van der Waals surface area contributed by atoms with Crippen LogP contribution in [-0.2, 0) is 13.0 Å². The van der Waals surface area contributed by atoms with E-state index >= 15 is 0 Å². The van der Waals surface area contributed by atoms with Gasteiger partial charge in [-0.3, -0.25) is 5.73 Å². The number of benzene rings is 1. The van der Waals surface area contributed by atoms with Crippen LogP contribution in [0.3, 0.4) is 0 Å². The summed E-state index contributed by atoms with van der Waals surface area (Å²) in [5.74, 6) is 0.664. The minimum atomic E-state index is 0. The second-order valence-corrected chi connectivity index (χ2v) is 4.33. The van der Waals surface area contributed by atoms with Gasteiger partial charge in [0.2, 0.25) is 0 Å². The second-order valence-electron chi connectivity index (χ2n) is 3.92. The van der Waals surface area contributed by atoms with E-state index in [0.29, 0.717) is 11.5 Å². The highest BCUT2D eigenvalue weighted by atomic mass is 79.9. The van der Waals surface area contributed by atoms with Crippen LogP contribution in [-0.4, -0.2) is 0 Å². The largest absolute Gasteiger partial charge is 1.00 e. The molecule has 1 aromatic heterocycles. The molecule has 5 heteroatoms. The Kier molecular flexibility index (Phi) is 5.44. The summed E-state index contributed by atoms with van der Waals surface area (Å²) in [5.41, 5.74) is 13.3. The number of anilines is 2. The lowest BCUT2D eigenvalue weighted by Crippen LogP contribution is -3.00. The lowest BCUT2D eigenvalue weighted by molar-refractivity contribution is -0.682. The molecule has 3 nitrogen and oxygen atoms in total. The first-order chi connectivity index (χ1) is 8.16. The maximum absolute atomic E-state index is 6.09. The molecule has 0 fully saturated rings. The van der Waals surface area contributed by atoms with E-state index in [1.54, 1.807) is 6.07 Å². The molecule has 1 aromatic carbocycles. The highest BCUT2D eigenvalue weighted by Gasteiger charge is 2.06. The minimum absolute atomic E-state index is 0. The number of halogens is 2. The molecule has 0 radical (unpaired) electrons. The lowest BCUT2D eigenvalue weighted by atomic mass is 10.1. The van der Waals surface area contributed by atoms with Crippen molar-refractivity contribution in [3.05, 3.63) is 53.2 Å². The van der Waals surface area contributed by atoms with Gasteiger partial charge in [0.25, 0.3) is 5.82 Å². The third-order valence-electron chi connectivity index (χ3n) is 2.67. The van der Waals surface area contributed by atoms with Gasteiger partial charge >= 0.3 is 0 Å². The smallest absolute Gasteiger partial charge is 0.274 e. The fourth-order valence-electron chi connectivity index (χ4n) is 1.71. The monoisotopic (exact) mass is 327 g/mol. The average Bonchev–Trinajstić information content (AvgIpc) is 2.30. The highest BCUT2D eigenvalue weighted by molar-refractivity contribution is 6.31. The molecule has 0 spiro atoms. The second kappa shape index (κ2) is 6.61. The maximum Gasteiger partial charge on any atom is 0.274 e. The number of nitrogen functional groups attached to an aromatic ring is 2. The van der Waals surface area contributed by atoms with E-state index in [4.69, 9.17) is 23.1 Å². The molecule has 2 rings (SSSR count). The van der Waals surface area contributed by atoms with Crippen molar-refractivity contribution >= 4 is 23.1 Å². The molecule has 0 aliphatic rings. The van der Waals surface area contributed by atoms with Gasteiger partial charge in [0.05, 0.1) is 18.8 Å². The molecule has 0 atom stereocenters. The molecule has 18 heavy (non-hydrogen) atoms. The van der Waals surface area contributed by atoms with E-state index in [-0.39, 0.29) is 17.0 Å². The van der Waals surface area contributed by atoms with Crippen LogP contribution in [0.2, 0.25) is 5.02 Å². The molecule has 0 saturated heterocycles. The van der Waals surface area contributed by atoms with Gasteiger partial charge in [-0.05, 0) is 11.6 Å². The van der Waals surface area contributed by atoms with Crippen LogP contribution in [0.1, 0.15) is 5.56 Å². The number of aryl methyl sites for hydroxylation is 2. The van der Waals surface area contributed by atoms with Gasteiger partial charge in [-0.1, -0.05) is 29.8 Å². The summed E-state index contributed by atoms with van der Waals surface area (Å²) in [5, 5.41) is 0.794. The van der Waals surface area contributed by atoms with E-state index in [1.165, 1.54) is 0 Å². The summed E-state index contributed by atoms with van der Waals surface area (Å²) in [6, 6.07) is 11.4. The van der Waals surface area contributed by atoms with Crippen LogP contribution in [0.5, 0.6) is 0 Å². The number of nitrogens with zero attached hydrogens (tertiary/aromatic N) is 1. The zero-order valence-electron chi connectivity index (χ0n) is 9.81. The van der Waals surface area contributed by atoms with Gasteiger partial charge < -0.3 is 22.7 Å². The van der Waals surface area contributed by atoms with Crippen LogP contribution in [0.4, 0.5) is 11.5 Å². The van der Waals surface area contributed by atoms with Crippen molar-refractivity contribution in [3.63, 3.8) is 0 Å². The zero-order chi connectivity index (χ0) is 12.3. The Morgan fingerprint density at radius 1 is 1.11 bits per heavy atom. The topological polar surface area (TPSA) is 55.9 Å². The number of aromatic nitrogens is 1. The Morgan fingerprint density at radius 2 is 1.83 bits per heavy atom. The van der Waals surface area contributed by atoms with Crippen LogP contribution in [0, 0.1) is 0 Å². The van der Waals surface area contributed by atoms with Gasteiger partial charge in [-0.25, -0.2) is 4.57 Å². The van der Waals surface area contributed by atoms with E-state index in [0.717, 1.165) is 23.6 Å². The average molecular weight is 329 g/mol. The molecular weight excluding hydrogens is 314 g/mol. The summed E-state index contributed by atoms with van der Waals surface area (Å²) >= 11 is 6.09. The fourth-order valence-corrected chi connectivity index (χ4v) is 1.94. The van der Waals surface area contributed by atoms with Gasteiger partial charge in [-0.15, -0.1) is 0 Å². The van der Waals surface area contributed by atoms with Gasteiger partial charge in [-0.2, -0.15) is 0 Å². The first-order valence-electron chi connectivity index (χ1n) is 5.44. The molecule has 0 aliphatic heterocycles. The highest BCUT2D eigenvalue weighted by Crippen LogP contribution is 2.15. The summed E-state index contributed by atoms with van der Waals surface area (Å²) < 4.78 is 1.96. The van der Waals surface area contributed by atoms with Crippen LogP contribution < -0.4 is 33.0 Å². The molecule has 0 unspecified atom stereocenters. The first kappa shape index (κ1) is 14.8. The Balaban J connectivity index is 0.00000162. The third kappa shape index (κ3) is 3.62. The number of hydrogen-bond acceptors (Lipinski definition) is 2. The van der Waals surface area contributed by atoms with Gasteiger partial charge in [0.1, 0.15) is 0 Å². The quantitative estimate of drug-likeness (QED) is 0.713. The summed E-state index contributed by atoms with van der Waals surface area (Å²) in [4.78, 5) is 0. The number of rotatable bonds is 3. The van der Waals surface area contributed by atoms with Crippen LogP contribution >= 0.6 is 11.6 Å². The summed E-state index contributed by atoms with van der Waals surface area (Å²) in [6.45, 7) is 0.788. The maximum atomic E-state index is 6.09. The minimum Gasteiger partial charge on any atom is -1.00 e. The molecular formula is C13H15BrClN3. The molecule has 1 heterocycles. The molecule has 4 N–H and O–H groups in total. The first-order valence-corrected chi connectivity index (χ1v) is 5.82. The van der Waals surface area contributed by atoms with Gasteiger partial charge in [0.15, 0.2) is 0 Å². The number of pyridine rings is 1. The fraction of sp³-hybridized carbons (Fsp3) is 0.154. The summed E-state index contributed by atoms with van der Waals surface area (Å²) in [6.07, 6.45) is 2.74. The van der Waals surface area contributed by atoms with Crippen molar-refractivity contribution in [3.8, 4) is 0 Å². The third-order valence-corrected chi connectivity index (χ3v) is 3.04. The van der Waals surface area contributed by atoms with Gasteiger partial charge in [0, 0.05) is 23.2 Å². The predicted octanol–water partition coefficient (Wildman–Crippen LogP) is -0.961. The molecule has 2 aromatic rings. The SMILES string of the molecule is Nc1cc[n+](CCc2ccccc2Cl)c(N)c1.[Br-]. The Labute approximate surface area is 122 Å². The van der Waals surface area contributed by atoms with Crippen LogP contribution in [0.15, 0.2) is 42.6 Å². The molecule has 0 aliphatic carbocycles. The standard InChI is InChI=1S/C13H14ClN3.BrH/c14-12-4-2-1-3-10(12)5-7-17-8-6-11(15)9-13(17)16;/h1-4,6,8-9H,5,7H2,(H3,15,16);1H. The summed E-state index contributed by atoms with van der Waals surface area (Å²) in [7, 11) is 0. The van der Waals surface area contributed by atoms with E-state index in [2.05, 4.69) is 0 Å². The Morgan fingerprint density at radius 3 is 2.50 bits per heavy atom. The Bertz CT molecular complexity index is 531. The van der Waals surface area contributed by atoms with Crippen molar-refractivity contribution in [2.24, 2.45) is 0 Å². The lowest BCUT2D eigenvalue weighted by Gasteiger charge is -2.05. The normalized spacial score (nSPS) is 9.83. The van der Waals surface area contributed by atoms with E-state index in [1.807, 2.05) is 41.1 Å². The predicted molar refractivity (Wildman–Crippen MR) is 70.6 cm³/mol. The van der Waals surface area contributed by atoms with Crippen molar-refractivity contribution in [1.29, 1.82) is 0 Å². The van der Waals surface area contributed by atoms with Crippen molar-refractivity contribution < 1.29 is 21.5 Å². The number of nitrogens with two attached hydrogens (primary N) is 2. The zero-order valence-corrected chi connectivity index (χ0v) is 12.2. The van der Waals surface area contributed by atoms with Crippen molar-refractivity contribution in [2.45, 2.75) is 13.0 Å². The number of hydrogen-bond donors (Lipinski definition) is 2.